The van der Waals surface area contributed by atoms with E-state index in [0.29, 0.717) is 12.0 Å². The van der Waals surface area contributed by atoms with E-state index in [2.05, 4.69) is 78.1 Å². The number of nitrogens with zero attached hydrogens (tertiary/aromatic N) is 2. The first-order valence-corrected chi connectivity index (χ1v) is 8.90. The molecule has 0 radical (unpaired) electrons. The third kappa shape index (κ3) is 3.06. The van der Waals surface area contributed by atoms with Crippen LogP contribution in [0.25, 0.3) is 0 Å². The molecule has 0 aromatic heterocycles. The summed E-state index contributed by atoms with van der Waals surface area (Å²) in [5.41, 5.74) is 3.74. The molecular formula is C20H20N2S. The first-order valence-electron chi connectivity index (χ1n) is 8.13. The van der Waals surface area contributed by atoms with E-state index in [1.807, 2.05) is 0 Å². The van der Waals surface area contributed by atoms with Crippen molar-refractivity contribution in [3.63, 3.8) is 0 Å². The second-order valence-electron chi connectivity index (χ2n) is 6.24. The van der Waals surface area contributed by atoms with Crippen molar-refractivity contribution < 1.29 is 0 Å². The van der Waals surface area contributed by atoms with E-state index in [1.165, 1.54) is 21.7 Å². The summed E-state index contributed by atoms with van der Waals surface area (Å²) in [6.45, 7) is 2.12. The highest BCUT2D eigenvalue weighted by molar-refractivity contribution is 7.97. The second kappa shape index (κ2) is 6.25. The molecule has 2 aliphatic rings. The van der Waals surface area contributed by atoms with Gasteiger partial charge in [0.2, 0.25) is 0 Å². The van der Waals surface area contributed by atoms with Crippen molar-refractivity contribution in [2.75, 3.05) is 0 Å². The molecule has 0 amide bonds. The van der Waals surface area contributed by atoms with Gasteiger partial charge in [-0.25, -0.2) is 4.41 Å². The summed E-state index contributed by atoms with van der Waals surface area (Å²) >= 11 is 1.74. The average Bonchev–Trinajstić information content (AvgIpc) is 3.06. The summed E-state index contributed by atoms with van der Waals surface area (Å²) in [4.78, 5) is 1.24. The Morgan fingerprint density at radius 3 is 2.61 bits per heavy atom. The van der Waals surface area contributed by atoms with Gasteiger partial charge in [-0.1, -0.05) is 60.2 Å². The third-order valence-electron chi connectivity index (χ3n) is 4.51. The van der Waals surface area contributed by atoms with Crippen LogP contribution in [0.4, 0.5) is 0 Å². The van der Waals surface area contributed by atoms with Crippen LogP contribution >= 0.6 is 11.9 Å². The normalized spacial score (nSPS) is 22.8. The molecule has 0 saturated heterocycles. The monoisotopic (exact) mass is 320 g/mol. The van der Waals surface area contributed by atoms with Crippen molar-refractivity contribution in [3.8, 4) is 0 Å². The molecule has 2 nitrogen and oxygen atoms in total. The van der Waals surface area contributed by atoms with Gasteiger partial charge >= 0.3 is 0 Å². The lowest BCUT2D eigenvalue weighted by molar-refractivity contribution is 0.311. The molecule has 2 aromatic carbocycles. The molecular weight excluding hydrogens is 300 g/mol. The van der Waals surface area contributed by atoms with Crippen LogP contribution in [-0.2, 0) is 0 Å². The van der Waals surface area contributed by atoms with Gasteiger partial charge in [0.15, 0.2) is 0 Å². The predicted molar refractivity (Wildman–Crippen MR) is 97.5 cm³/mol. The fourth-order valence-corrected chi connectivity index (χ4v) is 4.19. The van der Waals surface area contributed by atoms with Crippen molar-refractivity contribution in [2.24, 2.45) is 11.0 Å². The van der Waals surface area contributed by atoms with Crippen LogP contribution in [0.3, 0.4) is 0 Å². The first-order chi connectivity index (χ1) is 11.3. The second-order valence-corrected chi connectivity index (χ2v) is 7.27. The number of hydrazone groups is 1. The zero-order valence-corrected chi connectivity index (χ0v) is 14.0. The number of benzene rings is 2. The fourth-order valence-electron chi connectivity index (χ4n) is 3.22. The summed E-state index contributed by atoms with van der Waals surface area (Å²) in [5.74, 6) is 0.639. The van der Waals surface area contributed by atoms with Crippen molar-refractivity contribution in [1.29, 1.82) is 0 Å². The zero-order chi connectivity index (χ0) is 15.6. The van der Waals surface area contributed by atoms with Gasteiger partial charge in [-0.3, -0.25) is 0 Å². The highest BCUT2D eigenvalue weighted by Crippen LogP contribution is 2.38. The van der Waals surface area contributed by atoms with E-state index in [1.54, 1.807) is 11.9 Å². The maximum atomic E-state index is 4.97. The minimum Gasteiger partial charge on any atom is -0.227 e. The van der Waals surface area contributed by atoms with Crippen LogP contribution in [-0.4, -0.2) is 16.2 Å². The largest absolute Gasteiger partial charge is 0.227 e. The van der Waals surface area contributed by atoms with Crippen LogP contribution in [0, 0.1) is 12.8 Å². The zero-order valence-electron chi connectivity index (χ0n) is 13.2. The lowest BCUT2D eigenvalue weighted by atomic mass is 9.92. The molecule has 1 heterocycles. The van der Waals surface area contributed by atoms with E-state index in [9.17, 15) is 0 Å². The van der Waals surface area contributed by atoms with Gasteiger partial charge < -0.3 is 0 Å². The van der Waals surface area contributed by atoms with Crippen LogP contribution in [0.15, 0.2) is 76.7 Å². The minimum atomic E-state index is 0.411. The lowest BCUT2D eigenvalue weighted by Crippen LogP contribution is -2.35. The van der Waals surface area contributed by atoms with Gasteiger partial charge in [0.1, 0.15) is 0 Å². The van der Waals surface area contributed by atoms with Crippen LogP contribution in [0.1, 0.15) is 24.0 Å². The Hall–Kier alpha value is -2.00. The lowest BCUT2D eigenvalue weighted by Gasteiger charge is -2.34. The van der Waals surface area contributed by atoms with E-state index in [-0.39, 0.29) is 0 Å². The molecule has 0 spiro atoms. The van der Waals surface area contributed by atoms with Gasteiger partial charge in [-0.15, -0.1) is 0 Å². The number of rotatable bonds is 3. The molecule has 0 N–H and O–H groups in total. The van der Waals surface area contributed by atoms with Crippen molar-refractivity contribution in [1.82, 2.24) is 4.41 Å². The van der Waals surface area contributed by atoms with Gasteiger partial charge in [-0.2, -0.15) is 5.10 Å². The number of aryl methyl sites for hydroxylation is 1. The van der Waals surface area contributed by atoms with Crippen molar-refractivity contribution >= 4 is 17.7 Å². The van der Waals surface area contributed by atoms with E-state index in [4.69, 9.17) is 5.10 Å². The SMILES string of the molecule is Cc1ccc(SN2N=C(c3ccccc3)CC3CC=CC32)cc1. The fraction of sp³-hybridized carbons (Fsp3) is 0.250. The summed E-state index contributed by atoms with van der Waals surface area (Å²) < 4.78 is 2.20. The molecule has 0 bridgehead atoms. The Bertz CT molecular complexity index is 734. The van der Waals surface area contributed by atoms with Crippen molar-refractivity contribution in [3.05, 3.63) is 77.9 Å². The highest BCUT2D eigenvalue weighted by atomic mass is 32.2. The summed E-state index contributed by atoms with van der Waals surface area (Å²) in [6.07, 6.45) is 6.84. The quantitative estimate of drug-likeness (QED) is 0.580. The van der Waals surface area contributed by atoms with Crippen LogP contribution in [0.5, 0.6) is 0 Å². The van der Waals surface area contributed by atoms with Crippen LogP contribution < -0.4 is 0 Å². The molecule has 1 aliphatic heterocycles. The van der Waals surface area contributed by atoms with E-state index >= 15 is 0 Å². The molecule has 116 valence electrons. The number of hydrogen-bond donors (Lipinski definition) is 0. The Labute approximate surface area is 142 Å². The number of allylic oxidation sites excluding steroid dienone is 1. The predicted octanol–water partition coefficient (Wildman–Crippen LogP) is 5.06. The Kier molecular flexibility index (Phi) is 3.96. The highest BCUT2D eigenvalue weighted by Gasteiger charge is 2.34. The Morgan fingerprint density at radius 2 is 1.83 bits per heavy atom. The Balaban J connectivity index is 1.64. The summed E-state index contributed by atoms with van der Waals surface area (Å²) in [5, 5.41) is 4.97. The topological polar surface area (TPSA) is 15.6 Å². The van der Waals surface area contributed by atoms with Gasteiger partial charge in [0.05, 0.1) is 11.8 Å². The third-order valence-corrected chi connectivity index (χ3v) is 5.51. The maximum absolute atomic E-state index is 4.97. The molecule has 0 fully saturated rings. The summed E-state index contributed by atoms with van der Waals surface area (Å²) in [6, 6.07) is 19.7. The van der Waals surface area contributed by atoms with Gasteiger partial charge in [0.25, 0.3) is 0 Å². The molecule has 0 saturated carbocycles. The molecule has 2 unspecified atom stereocenters. The first kappa shape index (κ1) is 14.6. The van der Waals surface area contributed by atoms with E-state index in [0.717, 1.165) is 12.8 Å². The molecule has 23 heavy (non-hydrogen) atoms. The molecule has 2 atom stereocenters. The molecule has 1 aliphatic carbocycles. The molecule has 2 aromatic rings. The summed E-state index contributed by atoms with van der Waals surface area (Å²) in [7, 11) is 0. The number of fused-ring (bicyclic) bond motifs is 1. The smallest absolute Gasteiger partial charge is 0.0811 e. The maximum Gasteiger partial charge on any atom is 0.0811 e. The molecule has 4 rings (SSSR count). The molecule has 3 heteroatoms. The van der Waals surface area contributed by atoms with Gasteiger partial charge in [-0.05, 0) is 43.4 Å². The van der Waals surface area contributed by atoms with E-state index < -0.39 is 0 Å². The standard InChI is InChI=1S/C20H20N2S/c1-15-10-12-18(13-11-15)23-22-20-9-5-8-17(20)14-19(21-22)16-6-3-2-4-7-16/h2-7,9-13,17,20H,8,14H2,1H3. The van der Waals surface area contributed by atoms with Crippen LogP contribution in [0.2, 0.25) is 0 Å². The number of hydrogen-bond acceptors (Lipinski definition) is 3. The average molecular weight is 320 g/mol. The minimum absolute atomic E-state index is 0.411. The van der Waals surface area contributed by atoms with Gasteiger partial charge in [0, 0.05) is 16.8 Å². The Morgan fingerprint density at radius 1 is 1.04 bits per heavy atom. The van der Waals surface area contributed by atoms with Crippen molar-refractivity contribution in [2.45, 2.75) is 30.7 Å².